The first kappa shape index (κ1) is 10.1. The Bertz CT molecular complexity index is 538. The third kappa shape index (κ3) is 1.46. The van der Waals surface area contributed by atoms with Crippen LogP contribution >= 0.6 is 0 Å². The lowest BCUT2D eigenvalue weighted by Crippen LogP contribution is -2.69. The maximum Gasteiger partial charge on any atom is 0.311 e. The van der Waals surface area contributed by atoms with Crippen LogP contribution in [0.3, 0.4) is 0 Å². The van der Waals surface area contributed by atoms with Crippen LogP contribution in [0.15, 0.2) is 0 Å². The van der Waals surface area contributed by atoms with Crippen molar-refractivity contribution in [3.05, 3.63) is 0 Å². The minimum atomic E-state index is -2.52. The largest absolute Gasteiger partial charge is 0.432 e. The molecule has 4 heterocycles. The third-order valence-corrected chi connectivity index (χ3v) is 5.75. The number of ether oxygens (including phenoxy) is 2. The van der Waals surface area contributed by atoms with Gasteiger partial charge in [-0.05, 0) is 32.0 Å². The molecule has 5 rings (SSSR count). The van der Waals surface area contributed by atoms with Gasteiger partial charge in [0.15, 0.2) is 5.60 Å². The van der Waals surface area contributed by atoms with Gasteiger partial charge in [0.25, 0.3) is 0 Å². The molecular weight excluding hydrogens is 261 g/mol. The number of carbonyl (C=O) groups excluding carboxylic acids is 1. The van der Waals surface area contributed by atoms with Crippen molar-refractivity contribution in [3.8, 4) is 0 Å². The number of hydrogen-bond donors (Lipinski definition) is 0. The van der Waals surface area contributed by atoms with Gasteiger partial charge in [0, 0.05) is 22.4 Å². The number of rotatable bonds is 0. The first-order valence-corrected chi connectivity index (χ1v) is 7.46. The van der Waals surface area contributed by atoms with E-state index in [4.69, 9.17) is 23.4 Å². The zero-order valence-corrected chi connectivity index (χ0v) is 11.8. The van der Waals surface area contributed by atoms with Gasteiger partial charge in [-0.15, -0.1) is 0 Å². The highest BCUT2D eigenvalue weighted by atomic mass is 17.3. The second kappa shape index (κ2) is 3.96. The first-order chi connectivity index (χ1) is 10.7. The number of esters is 1. The maximum atomic E-state index is 12.2. The van der Waals surface area contributed by atoms with Crippen LogP contribution in [0.25, 0.3) is 0 Å². The van der Waals surface area contributed by atoms with E-state index in [1.807, 2.05) is 6.92 Å². The highest BCUT2D eigenvalue weighted by Crippen LogP contribution is 2.59. The van der Waals surface area contributed by atoms with Crippen LogP contribution in [-0.4, -0.2) is 23.6 Å². The van der Waals surface area contributed by atoms with Crippen molar-refractivity contribution < 1.29 is 28.2 Å². The molecule has 5 nitrogen and oxygen atoms in total. The Morgan fingerprint density at radius 1 is 1.20 bits per heavy atom. The van der Waals surface area contributed by atoms with Crippen molar-refractivity contribution in [2.45, 2.75) is 64.1 Å². The van der Waals surface area contributed by atoms with Crippen LogP contribution in [0.5, 0.6) is 0 Å². The van der Waals surface area contributed by atoms with E-state index in [0.717, 1.165) is 12.8 Å². The van der Waals surface area contributed by atoms with Gasteiger partial charge in [0.1, 0.15) is 0 Å². The van der Waals surface area contributed by atoms with Crippen molar-refractivity contribution >= 4 is 5.97 Å². The summed E-state index contributed by atoms with van der Waals surface area (Å²) in [5.41, 5.74) is -0.893. The summed E-state index contributed by atoms with van der Waals surface area (Å²) >= 11 is 0. The van der Waals surface area contributed by atoms with Crippen molar-refractivity contribution in [2.75, 3.05) is 0 Å². The Kier molecular flexibility index (Phi) is 2.01. The quantitative estimate of drug-likeness (QED) is 0.389. The summed E-state index contributed by atoms with van der Waals surface area (Å²) in [5.74, 6) is -2.22. The summed E-state index contributed by atoms with van der Waals surface area (Å²) in [5, 5.41) is 0. The van der Waals surface area contributed by atoms with Gasteiger partial charge in [-0.3, -0.25) is 4.79 Å². The highest BCUT2D eigenvalue weighted by Gasteiger charge is 2.69. The molecule has 4 aliphatic heterocycles. The van der Waals surface area contributed by atoms with Crippen LogP contribution in [0.2, 0.25) is 0 Å². The summed E-state index contributed by atoms with van der Waals surface area (Å²) in [6.45, 7) is 1.46. The van der Waals surface area contributed by atoms with Crippen LogP contribution in [0, 0.1) is 23.7 Å². The van der Waals surface area contributed by atoms with E-state index in [1.54, 1.807) is 0 Å². The molecule has 2 bridgehead atoms. The van der Waals surface area contributed by atoms with Crippen LogP contribution in [0.4, 0.5) is 0 Å². The van der Waals surface area contributed by atoms with Crippen molar-refractivity contribution in [3.63, 3.8) is 0 Å². The second-order valence-corrected chi connectivity index (χ2v) is 6.75. The molecule has 7 atom stereocenters. The van der Waals surface area contributed by atoms with E-state index < -0.39 is 24.5 Å². The van der Waals surface area contributed by atoms with E-state index in [9.17, 15) is 4.79 Å². The summed E-state index contributed by atoms with van der Waals surface area (Å²) in [6, 6.07) is 0. The molecule has 5 heteroatoms. The van der Waals surface area contributed by atoms with Gasteiger partial charge >= 0.3 is 5.97 Å². The summed E-state index contributed by atoms with van der Waals surface area (Å²) in [7, 11) is 0. The average molecular weight is 286 g/mol. The molecule has 1 spiro atoms. The Balaban J connectivity index is 1.83. The Labute approximate surface area is 123 Å². The smallest absolute Gasteiger partial charge is 0.311 e. The normalized spacial score (nSPS) is 60.6. The van der Waals surface area contributed by atoms with Crippen molar-refractivity contribution in [1.82, 2.24) is 0 Å². The highest BCUT2D eigenvalue weighted by molar-refractivity contribution is 5.74. The summed E-state index contributed by atoms with van der Waals surface area (Å²) < 4.78 is 34.7. The summed E-state index contributed by atoms with van der Waals surface area (Å²) in [6.07, 6.45) is 1.61. The fraction of sp³-hybridized carbons (Fsp3) is 0.933. The Morgan fingerprint density at radius 3 is 2.85 bits per heavy atom. The maximum absolute atomic E-state index is 12.2. The molecule has 0 N–H and O–H groups in total. The van der Waals surface area contributed by atoms with Crippen LogP contribution in [-0.2, 0) is 24.0 Å². The van der Waals surface area contributed by atoms with Gasteiger partial charge in [-0.25, -0.2) is 9.78 Å². The lowest BCUT2D eigenvalue weighted by Gasteiger charge is -2.57. The predicted molar refractivity (Wildman–Crippen MR) is 68.0 cm³/mol. The van der Waals surface area contributed by atoms with Gasteiger partial charge in [0.05, 0.1) is 5.92 Å². The molecule has 5 aliphatic rings. The predicted octanol–water partition coefficient (Wildman–Crippen LogP) is 2.39. The molecule has 0 aromatic carbocycles. The van der Waals surface area contributed by atoms with E-state index in [0.29, 0.717) is 12.3 Å². The molecular formula is C15H22O5. The molecule has 5 fully saturated rings. The van der Waals surface area contributed by atoms with Crippen molar-refractivity contribution in [1.29, 1.82) is 0 Å². The fourth-order valence-corrected chi connectivity index (χ4v) is 4.62. The van der Waals surface area contributed by atoms with Gasteiger partial charge in [-0.2, -0.15) is 0 Å². The molecule has 112 valence electrons. The van der Waals surface area contributed by atoms with Gasteiger partial charge in [0.2, 0.25) is 12.1 Å². The van der Waals surface area contributed by atoms with E-state index >= 15 is 0 Å². The fourth-order valence-electron chi connectivity index (χ4n) is 4.62. The van der Waals surface area contributed by atoms with Crippen molar-refractivity contribution in [2.24, 2.45) is 23.7 Å². The SMILES string of the molecule is [2H][13C]([2H])([2H])[C@@]12CC[C@H]3[C@H](C)CC[C@H]4[C@@H](C)C(=O)O[C@H](O1)[C@@]34OO2. The van der Waals surface area contributed by atoms with Crippen LogP contribution < -0.4 is 0 Å². The van der Waals surface area contributed by atoms with Gasteiger partial charge < -0.3 is 9.47 Å². The zero-order valence-electron chi connectivity index (χ0n) is 14.8. The standard InChI is InChI=1S/C15H22O5/c1-8-4-5-11-9(2)12(16)17-13-15(11)10(8)6-7-14(3,18-13)19-20-15/h8-11,13H,4-7H2,1-3H3/t8-,9-,10+,11+,13-,14-,15-/m1/s1/i3+1D3. The third-order valence-electron chi connectivity index (χ3n) is 5.75. The average Bonchev–Trinajstić information content (AvgIpc) is 2.73. The minimum Gasteiger partial charge on any atom is -0.432 e. The first-order valence-electron chi connectivity index (χ1n) is 8.96. The minimum absolute atomic E-state index is 0.0496. The van der Waals surface area contributed by atoms with E-state index in [2.05, 4.69) is 6.92 Å². The molecule has 0 unspecified atom stereocenters. The van der Waals surface area contributed by atoms with Crippen LogP contribution in [0.1, 0.15) is 50.5 Å². The molecule has 1 saturated carbocycles. The number of carbonyl (C=O) groups is 1. The lowest BCUT2D eigenvalue weighted by atomic mass is 9.58. The van der Waals surface area contributed by atoms with E-state index in [-0.39, 0.29) is 30.1 Å². The Morgan fingerprint density at radius 2 is 2.05 bits per heavy atom. The van der Waals surface area contributed by atoms with Gasteiger partial charge in [-0.1, -0.05) is 13.8 Å². The molecule has 0 amide bonds. The molecule has 0 aromatic heterocycles. The lowest BCUT2D eigenvalue weighted by molar-refractivity contribution is -0.559. The number of hydrogen-bond acceptors (Lipinski definition) is 5. The summed E-state index contributed by atoms with van der Waals surface area (Å²) in [4.78, 5) is 23.5. The molecule has 20 heavy (non-hydrogen) atoms. The molecule has 1 aliphatic carbocycles. The molecule has 0 aromatic rings. The Hall–Kier alpha value is -0.650. The molecule has 0 radical (unpaired) electrons. The molecule has 4 saturated heterocycles. The zero-order chi connectivity index (χ0) is 16.6. The second-order valence-electron chi connectivity index (χ2n) is 6.75. The topological polar surface area (TPSA) is 54.0 Å². The monoisotopic (exact) mass is 286 g/mol. The number of fused-ring (bicyclic) bond motifs is 2. The van der Waals surface area contributed by atoms with E-state index in [1.165, 1.54) is 0 Å².